The van der Waals surface area contributed by atoms with E-state index in [4.69, 9.17) is 0 Å². The molecule has 86 valence electrons. The summed E-state index contributed by atoms with van der Waals surface area (Å²) >= 11 is 0. The average molecular weight is 210 g/mol. The Morgan fingerprint density at radius 3 is 2.73 bits per heavy atom. The minimum absolute atomic E-state index is 0.0232. The number of carbonyl (C=O) groups excluding carboxylic acids is 1. The lowest BCUT2D eigenvalue weighted by Crippen LogP contribution is -2.43. The molecule has 0 aromatic heterocycles. The van der Waals surface area contributed by atoms with Crippen molar-refractivity contribution in [3.05, 3.63) is 0 Å². The van der Waals surface area contributed by atoms with Crippen molar-refractivity contribution in [3.8, 4) is 0 Å². The van der Waals surface area contributed by atoms with Crippen LogP contribution in [-0.2, 0) is 4.79 Å². The summed E-state index contributed by atoms with van der Waals surface area (Å²) in [5.41, 5.74) is 0.412. The number of hydrogen-bond acceptors (Lipinski definition) is 2. The van der Waals surface area contributed by atoms with Gasteiger partial charge in [0.05, 0.1) is 12.7 Å². The van der Waals surface area contributed by atoms with E-state index in [2.05, 4.69) is 19.2 Å². The molecule has 0 bridgehead atoms. The van der Waals surface area contributed by atoms with E-state index >= 15 is 0 Å². The fourth-order valence-corrected chi connectivity index (χ4v) is 2.88. The van der Waals surface area contributed by atoms with E-state index in [0.717, 1.165) is 13.1 Å². The molecule has 0 aromatic carbocycles. The quantitative estimate of drug-likeness (QED) is 0.715. The molecule has 3 heteroatoms. The largest absolute Gasteiger partial charge is 0.326 e. The van der Waals surface area contributed by atoms with Crippen molar-refractivity contribution in [3.63, 3.8) is 0 Å². The predicted octanol–water partition coefficient (Wildman–Crippen LogP) is 1.73. The van der Waals surface area contributed by atoms with Crippen LogP contribution in [0.15, 0.2) is 0 Å². The number of nitrogens with zero attached hydrogens (tertiary/aromatic N) is 1. The first-order chi connectivity index (χ1) is 6.99. The van der Waals surface area contributed by atoms with E-state index in [-0.39, 0.29) is 11.9 Å². The first-order valence-electron chi connectivity index (χ1n) is 6.03. The van der Waals surface area contributed by atoms with E-state index in [1.165, 1.54) is 19.3 Å². The summed E-state index contributed by atoms with van der Waals surface area (Å²) in [7, 11) is 0. The maximum atomic E-state index is 11.9. The topological polar surface area (TPSA) is 32.3 Å². The van der Waals surface area contributed by atoms with E-state index in [9.17, 15) is 4.79 Å². The van der Waals surface area contributed by atoms with Crippen LogP contribution in [0.1, 0.15) is 46.5 Å². The van der Waals surface area contributed by atoms with Gasteiger partial charge in [0.25, 0.3) is 0 Å². The third-order valence-electron chi connectivity index (χ3n) is 3.84. The van der Waals surface area contributed by atoms with Crippen molar-refractivity contribution in [2.75, 3.05) is 6.67 Å². The van der Waals surface area contributed by atoms with Gasteiger partial charge in [-0.3, -0.25) is 10.1 Å². The molecule has 0 spiro atoms. The fraction of sp³-hybridized carbons (Fsp3) is 0.917. The third kappa shape index (κ3) is 2.17. The molecule has 2 fully saturated rings. The zero-order valence-electron chi connectivity index (χ0n) is 10.0. The SMILES string of the molecule is CC1NCN(C2CCCC(C)(C)C2)C1=O. The Bertz CT molecular complexity index is 262. The second-order valence-corrected chi connectivity index (χ2v) is 5.81. The van der Waals surface area contributed by atoms with E-state index in [1.807, 2.05) is 11.8 Å². The van der Waals surface area contributed by atoms with Gasteiger partial charge >= 0.3 is 0 Å². The Morgan fingerprint density at radius 1 is 1.47 bits per heavy atom. The number of amides is 1. The van der Waals surface area contributed by atoms with Gasteiger partial charge in [-0.15, -0.1) is 0 Å². The normalized spacial score (nSPS) is 35.9. The van der Waals surface area contributed by atoms with Crippen LogP contribution in [0.5, 0.6) is 0 Å². The summed E-state index contributed by atoms with van der Waals surface area (Å²) in [4.78, 5) is 13.9. The summed E-state index contributed by atoms with van der Waals surface area (Å²) in [5.74, 6) is 0.290. The molecule has 1 saturated heterocycles. The van der Waals surface area contributed by atoms with Crippen LogP contribution in [0, 0.1) is 5.41 Å². The van der Waals surface area contributed by atoms with Crippen LogP contribution < -0.4 is 5.32 Å². The molecule has 1 aliphatic carbocycles. The zero-order chi connectivity index (χ0) is 11.1. The molecule has 3 nitrogen and oxygen atoms in total. The summed E-state index contributed by atoms with van der Waals surface area (Å²) in [6.07, 6.45) is 4.90. The van der Waals surface area contributed by atoms with Gasteiger partial charge in [-0.2, -0.15) is 0 Å². The smallest absolute Gasteiger partial charge is 0.240 e. The summed E-state index contributed by atoms with van der Waals surface area (Å²) in [6, 6.07) is 0.494. The number of nitrogens with one attached hydrogen (secondary N) is 1. The van der Waals surface area contributed by atoms with Crippen molar-refractivity contribution in [1.29, 1.82) is 0 Å². The van der Waals surface area contributed by atoms with Crippen molar-refractivity contribution < 1.29 is 4.79 Å². The molecule has 1 amide bonds. The molecule has 2 aliphatic rings. The van der Waals surface area contributed by atoms with Crippen LogP contribution >= 0.6 is 0 Å². The summed E-state index contributed by atoms with van der Waals surface area (Å²) in [6.45, 7) is 7.34. The highest BCUT2D eigenvalue weighted by Crippen LogP contribution is 2.37. The lowest BCUT2D eigenvalue weighted by atomic mass is 9.75. The summed E-state index contributed by atoms with van der Waals surface area (Å²) in [5, 5.41) is 3.22. The first-order valence-corrected chi connectivity index (χ1v) is 6.03. The Morgan fingerprint density at radius 2 is 2.20 bits per heavy atom. The van der Waals surface area contributed by atoms with E-state index in [1.54, 1.807) is 0 Å². The molecule has 2 atom stereocenters. The predicted molar refractivity (Wildman–Crippen MR) is 60.3 cm³/mol. The van der Waals surface area contributed by atoms with Crippen LogP contribution in [0.25, 0.3) is 0 Å². The van der Waals surface area contributed by atoms with E-state index < -0.39 is 0 Å². The molecule has 1 heterocycles. The lowest BCUT2D eigenvalue weighted by molar-refractivity contribution is -0.131. The van der Waals surface area contributed by atoms with Crippen molar-refractivity contribution in [1.82, 2.24) is 10.2 Å². The molecule has 1 saturated carbocycles. The first kappa shape index (κ1) is 10.9. The van der Waals surface area contributed by atoms with Crippen molar-refractivity contribution >= 4 is 5.91 Å². The van der Waals surface area contributed by atoms with Gasteiger partial charge in [-0.25, -0.2) is 0 Å². The standard InChI is InChI=1S/C12H22N2O/c1-9-11(15)14(8-13-9)10-5-4-6-12(2,3)7-10/h9-10,13H,4-8H2,1-3H3. The van der Waals surface area contributed by atoms with Crippen LogP contribution in [0.2, 0.25) is 0 Å². The molecule has 0 radical (unpaired) electrons. The van der Waals surface area contributed by atoms with Gasteiger partial charge in [-0.1, -0.05) is 20.3 Å². The minimum Gasteiger partial charge on any atom is -0.326 e. The van der Waals surface area contributed by atoms with Gasteiger partial charge in [0.2, 0.25) is 5.91 Å². The Balaban J connectivity index is 2.02. The highest BCUT2D eigenvalue weighted by molar-refractivity contribution is 5.83. The molecule has 1 N–H and O–H groups in total. The van der Waals surface area contributed by atoms with Gasteiger partial charge in [0.1, 0.15) is 0 Å². The number of hydrogen-bond donors (Lipinski definition) is 1. The van der Waals surface area contributed by atoms with Crippen molar-refractivity contribution in [2.24, 2.45) is 5.41 Å². The zero-order valence-corrected chi connectivity index (χ0v) is 10.0. The Kier molecular flexibility index (Phi) is 2.75. The van der Waals surface area contributed by atoms with Crippen LogP contribution in [0.4, 0.5) is 0 Å². The highest BCUT2D eigenvalue weighted by atomic mass is 16.2. The van der Waals surface area contributed by atoms with Crippen LogP contribution in [0.3, 0.4) is 0 Å². The molecule has 2 unspecified atom stereocenters. The minimum atomic E-state index is 0.0232. The second kappa shape index (κ2) is 3.78. The lowest BCUT2D eigenvalue weighted by Gasteiger charge is -2.39. The van der Waals surface area contributed by atoms with Gasteiger partial charge in [0.15, 0.2) is 0 Å². The van der Waals surface area contributed by atoms with Gasteiger partial charge in [-0.05, 0) is 31.6 Å². The van der Waals surface area contributed by atoms with Gasteiger partial charge < -0.3 is 4.90 Å². The molecule has 2 rings (SSSR count). The highest BCUT2D eigenvalue weighted by Gasteiger charge is 2.37. The molecule has 15 heavy (non-hydrogen) atoms. The number of rotatable bonds is 1. The Hall–Kier alpha value is -0.570. The van der Waals surface area contributed by atoms with Crippen molar-refractivity contribution in [2.45, 2.75) is 58.5 Å². The average Bonchev–Trinajstić information content (AvgIpc) is 2.46. The molecular formula is C12H22N2O. The second-order valence-electron chi connectivity index (χ2n) is 5.81. The fourth-order valence-electron chi connectivity index (χ4n) is 2.88. The maximum Gasteiger partial charge on any atom is 0.240 e. The number of carbonyl (C=O) groups is 1. The molecule has 0 aromatic rings. The molecule has 1 aliphatic heterocycles. The maximum absolute atomic E-state index is 11.9. The molecular weight excluding hydrogens is 188 g/mol. The summed E-state index contributed by atoms with van der Waals surface area (Å²) < 4.78 is 0. The van der Waals surface area contributed by atoms with Gasteiger partial charge in [0, 0.05) is 6.04 Å². The third-order valence-corrected chi connectivity index (χ3v) is 3.84. The monoisotopic (exact) mass is 210 g/mol. The Labute approximate surface area is 92.2 Å². The van der Waals surface area contributed by atoms with E-state index in [0.29, 0.717) is 11.5 Å². The van der Waals surface area contributed by atoms with Crippen LogP contribution in [-0.4, -0.2) is 29.6 Å².